The van der Waals surface area contributed by atoms with Crippen molar-refractivity contribution in [2.45, 2.75) is 49.7 Å². The number of aliphatic hydroxyl groups excluding tert-OH is 1. The predicted molar refractivity (Wildman–Crippen MR) is 107 cm³/mol. The van der Waals surface area contributed by atoms with Gasteiger partial charge >= 0.3 is 6.03 Å². The quantitative estimate of drug-likeness (QED) is 0.379. The van der Waals surface area contributed by atoms with E-state index in [4.69, 9.17) is 10.5 Å². The number of nitrogens with one attached hydrogen (secondary N) is 1. The molecule has 2 aliphatic heterocycles. The van der Waals surface area contributed by atoms with Crippen LogP contribution in [0.5, 0.6) is 5.75 Å². The lowest BCUT2D eigenvalue weighted by Crippen LogP contribution is -2.62. The molecule has 1 aromatic rings. The molecule has 0 aromatic heterocycles. The normalized spacial score (nSPS) is 34.2. The molecule has 1 saturated heterocycles. The summed E-state index contributed by atoms with van der Waals surface area (Å²) in [6, 6.07) is 4.99. The number of aliphatic hydroxyl groups is 2. The molecule has 2 aliphatic rings. The summed E-state index contributed by atoms with van der Waals surface area (Å²) in [4.78, 5) is 37.1. The van der Waals surface area contributed by atoms with Gasteiger partial charge in [0.25, 0.3) is 0 Å². The highest BCUT2D eigenvalue weighted by Crippen LogP contribution is 2.42. The van der Waals surface area contributed by atoms with Gasteiger partial charge in [0.05, 0.1) is 4.48 Å². The minimum absolute atomic E-state index is 0.0823. The number of phenolic OH excluding ortho intramolecular Hbond substituents is 1. The Morgan fingerprint density at radius 3 is 2.52 bits per heavy atom. The van der Waals surface area contributed by atoms with Crippen molar-refractivity contribution in [3.05, 3.63) is 40.5 Å². The van der Waals surface area contributed by atoms with E-state index >= 15 is 4.39 Å². The third-order valence-electron chi connectivity index (χ3n) is 5.43. The van der Waals surface area contributed by atoms with Crippen molar-refractivity contribution >= 4 is 33.5 Å². The molecule has 3 rings (SSSR count). The van der Waals surface area contributed by atoms with E-state index in [2.05, 4.69) is 21.2 Å². The van der Waals surface area contributed by atoms with Crippen LogP contribution in [0.2, 0.25) is 0 Å². The van der Waals surface area contributed by atoms with E-state index in [1.165, 1.54) is 12.1 Å². The average Bonchev–Trinajstić information content (AvgIpc) is 2.96. The van der Waals surface area contributed by atoms with Crippen LogP contribution in [0.1, 0.15) is 19.4 Å². The van der Waals surface area contributed by atoms with Gasteiger partial charge in [-0.05, 0) is 35.8 Å². The fraction of sp³-hybridized carbons (Fsp3) is 0.421. The van der Waals surface area contributed by atoms with Gasteiger partial charge in [0.15, 0.2) is 35.2 Å². The maximum absolute atomic E-state index is 15.3. The fourth-order valence-electron chi connectivity index (χ4n) is 3.59. The Hall–Kier alpha value is -2.38. The number of amides is 2. The second-order valence-electron chi connectivity index (χ2n) is 7.43. The summed E-state index contributed by atoms with van der Waals surface area (Å²) in [5, 5.41) is 33.3. The first-order valence-electron chi connectivity index (χ1n) is 9.12. The van der Waals surface area contributed by atoms with Crippen molar-refractivity contribution in [1.82, 2.24) is 10.2 Å². The number of rotatable bonds is 5. The first kappa shape index (κ1) is 23.3. The molecule has 0 bridgehead atoms. The molecule has 168 valence electrons. The molecule has 6 atom stereocenters. The average molecular weight is 502 g/mol. The molecule has 0 saturated carbocycles. The number of hydrogen-bond acceptors (Lipinski definition) is 8. The third-order valence-corrected chi connectivity index (χ3v) is 6.26. The van der Waals surface area contributed by atoms with E-state index in [0.717, 1.165) is 20.0 Å². The molecular weight excluding hydrogens is 481 g/mol. The van der Waals surface area contributed by atoms with Crippen LogP contribution in [-0.2, 0) is 20.0 Å². The summed E-state index contributed by atoms with van der Waals surface area (Å²) < 4.78 is 20.7. The van der Waals surface area contributed by atoms with Crippen LogP contribution >= 0.6 is 15.9 Å². The largest absolute Gasteiger partial charge is 0.508 e. The molecule has 31 heavy (non-hydrogen) atoms. The maximum Gasteiger partial charge on any atom is 0.325 e. The number of Topliss-reactive ketones (excluding diaryl/α,β-unsaturated/α-hetero) is 2. The Bertz CT molecular complexity index is 976. The van der Waals surface area contributed by atoms with E-state index in [1.54, 1.807) is 12.1 Å². The van der Waals surface area contributed by atoms with E-state index < -0.39 is 53.5 Å². The summed E-state index contributed by atoms with van der Waals surface area (Å²) >= 11 is 3.20. The molecule has 1 fully saturated rings. The lowest BCUT2D eigenvalue weighted by atomic mass is 9.85. The zero-order valence-corrected chi connectivity index (χ0v) is 18.0. The van der Waals surface area contributed by atoms with Crippen molar-refractivity contribution in [1.29, 1.82) is 0 Å². The van der Waals surface area contributed by atoms with Gasteiger partial charge in [0, 0.05) is 11.8 Å². The predicted octanol–water partition coefficient (Wildman–Crippen LogP) is 0.0982. The van der Waals surface area contributed by atoms with Crippen molar-refractivity contribution in [3.8, 4) is 5.75 Å². The topological polar surface area (TPSA) is 162 Å². The highest BCUT2D eigenvalue weighted by atomic mass is 79.9. The molecule has 10 nitrogen and oxygen atoms in total. The van der Waals surface area contributed by atoms with Crippen LogP contribution in [0.15, 0.2) is 34.9 Å². The highest BCUT2D eigenvalue weighted by Gasteiger charge is 2.64. The molecule has 0 aliphatic carbocycles. The summed E-state index contributed by atoms with van der Waals surface area (Å²) in [6.45, 7) is 1.86. The van der Waals surface area contributed by atoms with Gasteiger partial charge in [-0.15, -0.1) is 0 Å². The Kier molecular flexibility index (Phi) is 5.97. The minimum atomic E-state index is -2.87. The molecule has 6 N–H and O–H groups in total. The zero-order chi connectivity index (χ0) is 23.3. The van der Waals surface area contributed by atoms with Gasteiger partial charge in [-0.2, -0.15) is 0 Å². The van der Waals surface area contributed by atoms with Gasteiger partial charge in [0.2, 0.25) is 0 Å². The Labute approximate surface area is 184 Å². The number of carbonyl (C=O) groups excluding carboxylic acids is 3. The number of halogens is 2. The van der Waals surface area contributed by atoms with Gasteiger partial charge in [-0.25, -0.2) is 9.18 Å². The molecule has 1 aromatic carbocycles. The number of alkyl halides is 1. The number of urea groups is 1. The standard InChI is InChI=1S/C19H21BrFN3O7/c1-8(25)13(28)15-18(30,9(2)26)14(21)16(31-15)24-7-12(20)19(22,23-17(24)29)10-5-3-4-6-11(10)27/h3-7,13-16,27-28,30H,22H2,1-2H3,(H,23,29)/t13?,14-,15+,16+,18-,19?/m0/s1. The number of aromatic hydroxyl groups is 1. The Morgan fingerprint density at radius 1 is 1.35 bits per heavy atom. The Morgan fingerprint density at radius 2 is 1.97 bits per heavy atom. The minimum Gasteiger partial charge on any atom is -0.508 e. The molecule has 2 heterocycles. The zero-order valence-electron chi connectivity index (χ0n) is 16.5. The highest BCUT2D eigenvalue weighted by molar-refractivity contribution is 9.11. The second-order valence-corrected chi connectivity index (χ2v) is 8.28. The monoisotopic (exact) mass is 501 g/mol. The van der Waals surface area contributed by atoms with Crippen molar-refractivity contribution < 1.29 is 38.8 Å². The van der Waals surface area contributed by atoms with Gasteiger partial charge in [-0.1, -0.05) is 18.2 Å². The van der Waals surface area contributed by atoms with Crippen LogP contribution in [0.3, 0.4) is 0 Å². The first-order valence-corrected chi connectivity index (χ1v) is 9.92. The number of para-hydroxylation sites is 1. The maximum atomic E-state index is 15.3. The molecule has 0 radical (unpaired) electrons. The van der Waals surface area contributed by atoms with Crippen molar-refractivity contribution in [2.75, 3.05) is 0 Å². The van der Waals surface area contributed by atoms with Crippen molar-refractivity contribution in [2.24, 2.45) is 5.73 Å². The smallest absolute Gasteiger partial charge is 0.325 e. The van der Waals surface area contributed by atoms with Crippen LogP contribution in [0.4, 0.5) is 9.18 Å². The second kappa shape index (κ2) is 7.95. The van der Waals surface area contributed by atoms with Crippen LogP contribution in [0.25, 0.3) is 0 Å². The fourth-order valence-corrected chi connectivity index (χ4v) is 4.13. The number of carbonyl (C=O) groups is 3. The first-order chi connectivity index (χ1) is 14.4. The lowest BCUT2D eigenvalue weighted by molar-refractivity contribution is -0.160. The van der Waals surface area contributed by atoms with Crippen molar-refractivity contribution in [3.63, 3.8) is 0 Å². The molecule has 2 unspecified atom stereocenters. The lowest BCUT2D eigenvalue weighted by Gasteiger charge is -2.40. The molecule has 12 heteroatoms. The van der Waals surface area contributed by atoms with E-state index in [9.17, 15) is 29.7 Å². The van der Waals surface area contributed by atoms with Crippen LogP contribution in [0, 0.1) is 0 Å². The molecular formula is C19H21BrFN3O7. The summed E-state index contributed by atoms with van der Waals surface area (Å²) in [7, 11) is 0. The van der Waals surface area contributed by atoms with Crippen LogP contribution < -0.4 is 11.1 Å². The molecule has 2 amide bonds. The number of ketones is 2. The van der Waals surface area contributed by atoms with E-state index in [0.29, 0.717) is 4.90 Å². The number of hydrogen-bond donors (Lipinski definition) is 5. The number of benzene rings is 1. The summed E-state index contributed by atoms with van der Waals surface area (Å²) in [5.41, 5.74) is 1.83. The number of nitrogens with two attached hydrogens (primary N) is 1. The van der Waals surface area contributed by atoms with Crippen LogP contribution in [-0.4, -0.2) is 68.0 Å². The van der Waals surface area contributed by atoms with Gasteiger partial charge < -0.3 is 31.1 Å². The van der Waals surface area contributed by atoms with Gasteiger partial charge in [0.1, 0.15) is 18.0 Å². The summed E-state index contributed by atoms with van der Waals surface area (Å²) in [6.07, 6.45) is -7.24. The number of nitrogens with zero attached hydrogens (tertiary/aromatic N) is 1. The SMILES string of the molecule is CC(=O)C(O)[C@H]1O[C@@H](N2C=C(Br)C(N)(c3ccccc3O)NC2=O)[C@H](F)[C@@]1(O)C(C)=O. The van der Waals surface area contributed by atoms with E-state index in [-0.39, 0.29) is 15.8 Å². The van der Waals surface area contributed by atoms with E-state index in [1.807, 2.05) is 0 Å². The summed E-state index contributed by atoms with van der Waals surface area (Å²) in [5.74, 6) is -2.16. The number of phenols is 1. The van der Waals surface area contributed by atoms with Gasteiger partial charge in [-0.3, -0.25) is 14.5 Å². The molecule has 0 spiro atoms. The third kappa shape index (κ3) is 3.53. The number of ether oxygens (including phenoxy) is 1. The Balaban J connectivity index is 2.01.